The molecule has 5 nitrogen and oxygen atoms in total. The molecule has 0 spiro atoms. The number of piperidine rings is 1. The van der Waals surface area contributed by atoms with E-state index in [1.807, 2.05) is 11.0 Å². The highest BCUT2D eigenvalue weighted by Crippen LogP contribution is 2.33. The van der Waals surface area contributed by atoms with Gasteiger partial charge in [-0.15, -0.1) is 5.10 Å². The molecule has 2 aromatic heterocycles. The average molecular weight is 355 g/mol. The molecule has 1 saturated heterocycles. The maximum Gasteiger partial charge on any atom is 0.255 e. The molecule has 0 bridgehead atoms. The summed E-state index contributed by atoms with van der Waals surface area (Å²) in [7, 11) is 0. The first-order valence-corrected chi connectivity index (χ1v) is 8.86. The van der Waals surface area contributed by atoms with Gasteiger partial charge in [0.05, 0.1) is 11.8 Å². The van der Waals surface area contributed by atoms with Crippen molar-refractivity contribution in [2.45, 2.75) is 25.7 Å². The van der Waals surface area contributed by atoms with Crippen molar-refractivity contribution in [2.24, 2.45) is 0 Å². The van der Waals surface area contributed by atoms with Crippen LogP contribution in [-0.4, -0.2) is 39.1 Å². The molecule has 4 rings (SSSR count). The number of carbonyl (C=O) groups is 1. The topological polar surface area (TPSA) is 61.9 Å². The van der Waals surface area contributed by atoms with Gasteiger partial charge in [-0.25, -0.2) is 0 Å². The smallest absolute Gasteiger partial charge is 0.255 e. The van der Waals surface area contributed by atoms with Gasteiger partial charge >= 0.3 is 0 Å². The van der Waals surface area contributed by atoms with E-state index in [0.29, 0.717) is 18.0 Å². The van der Waals surface area contributed by atoms with Gasteiger partial charge in [0, 0.05) is 35.6 Å². The third-order valence-electron chi connectivity index (χ3n) is 4.99. The highest BCUT2D eigenvalue weighted by atomic mass is 35.5. The van der Waals surface area contributed by atoms with E-state index in [0.717, 1.165) is 24.9 Å². The standard InChI is InChI=1S/C19H19ClN4O/c1-12-15-6-2-3-7-16(15)22-18(12)13-5-4-8-24(11-13)19(25)14-9-17(20)23-21-10-14/h2-3,6-7,9-10,13,22H,4-5,8,11H2,1H3/t13-/m0/s1. The number of hydrogen-bond acceptors (Lipinski definition) is 3. The molecule has 0 unspecified atom stereocenters. The lowest BCUT2D eigenvalue weighted by molar-refractivity contribution is 0.0705. The lowest BCUT2D eigenvalue weighted by Crippen LogP contribution is -2.39. The number of para-hydroxylation sites is 1. The van der Waals surface area contributed by atoms with Crippen LogP contribution in [0.1, 0.15) is 40.4 Å². The molecule has 1 N–H and O–H groups in total. The van der Waals surface area contributed by atoms with Gasteiger partial charge in [0.1, 0.15) is 0 Å². The number of rotatable bonds is 2. The minimum atomic E-state index is -0.0322. The quantitative estimate of drug-likeness (QED) is 0.758. The Kier molecular flexibility index (Phi) is 4.17. The number of carbonyl (C=O) groups excluding carboxylic acids is 1. The van der Waals surface area contributed by atoms with Gasteiger partial charge in [-0.3, -0.25) is 4.79 Å². The maximum atomic E-state index is 12.8. The summed E-state index contributed by atoms with van der Waals surface area (Å²) in [5.41, 5.74) is 4.17. The number of nitrogens with zero attached hydrogens (tertiary/aromatic N) is 3. The molecule has 6 heteroatoms. The highest BCUT2D eigenvalue weighted by molar-refractivity contribution is 6.29. The van der Waals surface area contributed by atoms with Gasteiger partial charge in [-0.05, 0) is 37.5 Å². The van der Waals surface area contributed by atoms with Crippen molar-refractivity contribution in [2.75, 3.05) is 13.1 Å². The van der Waals surface area contributed by atoms with Crippen LogP contribution in [0.25, 0.3) is 10.9 Å². The van der Waals surface area contributed by atoms with E-state index in [4.69, 9.17) is 11.6 Å². The van der Waals surface area contributed by atoms with Gasteiger partial charge in [-0.1, -0.05) is 29.8 Å². The number of hydrogen-bond donors (Lipinski definition) is 1. The zero-order chi connectivity index (χ0) is 17.4. The summed E-state index contributed by atoms with van der Waals surface area (Å²) >= 11 is 5.87. The van der Waals surface area contributed by atoms with E-state index in [-0.39, 0.29) is 11.1 Å². The summed E-state index contributed by atoms with van der Waals surface area (Å²) in [6, 6.07) is 9.92. The fourth-order valence-corrected chi connectivity index (χ4v) is 3.91. The zero-order valence-electron chi connectivity index (χ0n) is 14.0. The normalized spacial score (nSPS) is 17.8. The Labute approximate surface area is 151 Å². The van der Waals surface area contributed by atoms with Crippen LogP contribution in [0, 0.1) is 6.92 Å². The van der Waals surface area contributed by atoms with Crippen molar-refractivity contribution >= 4 is 28.4 Å². The number of amides is 1. The van der Waals surface area contributed by atoms with Crippen molar-refractivity contribution in [1.29, 1.82) is 0 Å². The molecule has 1 aromatic carbocycles. The van der Waals surface area contributed by atoms with Crippen molar-refractivity contribution in [3.8, 4) is 0 Å². The summed E-state index contributed by atoms with van der Waals surface area (Å²) in [5, 5.41) is 8.99. The molecule has 1 fully saturated rings. The Morgan fingerprint density at radius 3 is 3.00 bits per heavy atom. The zero-order valence-corrected chi connectivity index (χ0v) is 14.8. The van der Waals surface area contributed by atoms with Crippen LogP contribution in [0.2, 0.25) is 5.15 Å². The monoisotopic (exact) mass is 354 g/mol. The first-order valence-electron chi connectivity index (χ1n) is 8.48. The van der Waals surface area contributed by atoms with Crippen LogP contribution in [0.4, 0.5) is 0 Å². The Morgan fingerprint density at radius 1 is 1.36 bits per heavy atom. The number of aromatic amines is 1. The summed E-state index contributed by atoms with van der Waals surface area (Å²) in [5.74, 6) is 0.283. The van der Waals surface area contributed by atoms with Crippen molar-refractivity contribution < 1.29 is 4.79 Å². The molecule has 0 aliphatic carbocycles. The van der Waals surface area contributed by atoms with E-state index >= 15 is 0 Å². The molecular formula is C19H19ClN4O. The Morgan fingerprint density at radius 2 is 2.20 bits per heavy atom. The number of H-pyrrole nitrogens is 1. The molecular weight excluding hydrogens is 336 g/mol. The lowest BCUT2D eigenvalue weighted by Gasteiger charge is -2.32. The second-order valence-corrected chi connectivity index (χ2v) is 6.95. The Hall–Kier alpha value is -2.40. The SMILES string of the molecule is Cc1c([C@H]2CCCN(C(=O)c3cnnc(Cl)c3)C2)[nH]c2ccccc12. The predicted octanol–water partition coefficient (Wildman–Crippen LogP) is 3.94. The van der Waals surface area contributed by atoms with E-state index in [1.54, 1.807) is 6.07 Å². The minimum Gasteiger partial charge on any atom is -0.358 e. The summed E-state index contributed by atoms with van der Waals surface area (Å²) < 4.78 is 0. The van der Waals surface area contributed by atoms with E-state index in [1.165, 1.54) is 22.8 Å². The Balaban J connectivity index is 1.60. The lowest BCUT2D eigenvalue weighted by atomic mass is 9.92. The predicted molar refractivity (Wildman–Crippen MR) is 98.0 cm³/mol. The number of halogens is 1. The molecule has 0 radical (unpaired) electrons. The minimum absolute atomic E-state index is 0.0322. The van der Waals surface area contributed by atoms with Crippen LogP contribution in [0.5, 0.6) is 0 Å². The van der Waals surface area contributed by atoms with Gasteiger partial charge in [-0.2, -0.15) is 5.10 Å². The largest absolute Gasteiger partial charge is 0.358 e. The molecule has 0 saturated carbocycles. The second kappa shape index (κ2) is 6.48. The number of nitrogens with one attached hydrogen (secondary N) is 1. The number of benzene rings is 1. The number of likely N-dealkylation sites (tertiary alicyclic amines) is 1. The van der Waals surface area contributed by atoms with Gasteiger partial charge in [0.25, 0.3) is 5.91 Å². The van der Waals surface area contributed by atoms with Gasteiger partial charge in [0.2, 0.25) is 0 Å². The maximum absolute atomic E-state index is 12.8. The molecule has 1 aliphatic rings. The van der Waals surface area contributed by atoms with Gasteiger partial charge in [0.15, 0.2) is 5.15 Å². The van der Waals surface area contributed by atoms with Crippen LogP contribution in [0.15, 0.2) is 36.5 Å². The van der Waals surface area contributed by atoms with Crippen molar-refractivity contribution in [3.05, 3.63) is 58.5 Å². The molecule has 1 amide bonds. The summed E-state index contributed by atoms with van der Waals surface area (Å²) in [4.78, 5) is 18.2. The molecule has 25 heavy (non-hydrogen) atoms. The number of aryl methyl sites for hydroxylation is 1. The highest BCUT2D eigenvalue weighted by Gasteiger charge is 2.28. The van der Waals surface area contributed by atoms with Crippen LogP contribution >= 0.6 is 11.6 Å². The van der Waals surface area contributed by atoms with Crippen molar-refractivity contribution in [3.63, 3.8) is 0 Å². The van der Waals surface area contributed by atoms with Crippen LogP contribution in [0.3, 0.4) is 0 Å². The summed E-state index contributed by atoms with van der Waals surface area (Å²) in [6.45, 7) is 3.61. The fraction of sp³-hybridized carbons (Fsp3) is 0.316. The summed E-state index contributed by atoms with van der Waals surface area (Å²) in [6.07, 6.45) is 3.54. The van der Waals surface area contributed by atoms with Crippen LogP contribution in [-0.2, 0) is 0 Å². The van der Waals surface area contributed by atoms with E-state index < -0.39 is 0 Å². The Bertz CT molecular complexity index is 936. The fourth-order valence-electron chi connectivity index (χ4n) is 3.75. The van der Waals surface area contributed by atoms with Gasteiger partial charge < -0.3 is 9.88 Å². The first kappa shape index (κ1) is 16.1. The number of aromatic nitrogens is 3. The average Bonchev–Trinajstić information content (AvgIpc) is 2.98. The molecule has 3 heterocycles. The third-order valence-corrected chi connectivity index (χ3v) is 5.18. The second-order valence-electron chi connectivity index (χ2n) is 6.57. The molecule has 128 valence electrons. The number of fused-ring (bicyclic) bond motifs is 1. The third kappa shape index (κ3) is 3.00. The van der Waals surface area contributed by atoms with Crippen molar-refractivity contribution in [1.82, 2.24) is 20.1 Å². The van der Waals surface area contributed by atoms with Crippen LogP contribution < -0.4 is 0 Å². The molecule has 1 aliphatic heterocycles. The first-order chi connectivity index (χ1) is 12.1. The molecule has 3 aromatic rings. The van der Waals surface area contributed by atoms with E-state index in [2.05, 4.69) is 40.3 Å². The van der Waals surface area contributed by atoms with E-state index in [9.17, 15) is 4.79 Å². The molecule has 1 atom stereocenters.